The SMILES string of the molecule is Cc1ccc(Oc2ccccc2C2N=C(NC#N)Nc3nc(N)c(C#N)c(N)c32)cc1. The number of aryl methyl sites for hydroxylation is 1. The van der Waals surface area contributed by atoms with E-state index in [-0.39, 0.29) is 23.0 Å². The lowest BCUT2D eigenvalue weighted by atomic mass is 9.94. The molecule has 2 heterocycles. The molecule has 0 spiro atoms. The number of nitrogens with one attached hydrogen (secondary N) is 2. The van der Waals surface area contributed by atoms with Crippen LogP contribution in [0.3, 0.4) is 0 Å². The van der Waals surface area contributed by atoms with E-state index in [2.05, 4.69) is 20.6 Å². The first-order valence-electron chi connectivity index (χ1n) is 9.34. The molecule has 0 amide bonds. The Morgan fingerprint density at radius 2 is 1.84 bits per heavy atom. The summed E-state index contributed by atoms with van der Waals surface area (Å²) in [6.07, 6.45) is 1.83. The minimum atomic E-state index is -0.686. The molecule has 3 aromatic rings. The lowest BCUT2D eigenvalue weighted by molar-refractivity contribution is 0.473. The highest BCUT2D eigenvalue weighted by Gasteiger charge is 2.31. The number of nitriles is 2. The number of aliphatic imine (C=N–C) groups is 1. The second-order valence-electron chi connectivity index (χ2n) is 6.85. The highest BCUT2D eigenvalue weighted by atomic mass is 16.5. The number of benzene rings is 2. The van der Waals surface area contributed by atoms with E-state index >= 15 is 0 Å². The minimum absolute atomic E-state index is 0.00704. The molecule has 9 nitrogen and oxygen atoms in total. The molecule has 1 aliphatic heterocycles. The van der Waals surface area contributed by atoms with Crippen LogP contribution in [0.1, 0.15) is 28.3 Å². The van der Waals surface area contributed by atoms with Crippen LogP contribution in [0.25, 0.3) is 0 Å². The van der Waals surface area contributed by atoms with Gasteiger partial charge in [0.15, 0.2) is 6.19 Å². The first-order valence-corrected chi connectivity index (χ1v) is 9.34. The van der Waals surface area contributed by atoms with Crippen LogP contribution in [0, 0.1) is 29.7 Å². The summed E-state index contributed by atoms with van der Waals surface area (Å²) in [5.41, 5.74) is 14.7. The molecule has 0 fully saturated rings. The standard InChI is InChI=1S/C22H18N8O/c1-12-6-8-13(9-7-12)31-16-5-3-2-4-14(16)19-17-18(25)15(10-23)20(26)29-21(17)30-22(28-19)27-11-24/h2-9,19H,1H3,(H6,25,26,27,28,29,30). The van der Waals surface area contributed by atoms with Crippen molar-refractivity contribution in [1.82, 2.24) is 10.3 Å². The monoisotopic (exact) mass is 410 g/mol. The molecule has 152 valence electrons. The number of aromatic nitrogens is 1. The van der Waals surface area contributed by atoms with Gasteiger partial charge < -0.3 is 21.5 Å². The summed E-state index contributed by atoms with van der Waals surface area (Å²) in [4.78, 5) is 8.86. The average molecular weight is 410 g/mol. The van der Waals surface area contributed by atoms with Gasteiger partial charge in [-0.3, -0.25) is 5.32 Å². The van der Waals surface area contributed by atoms with E-state index in [1.54, 1.807) is 0 Å². The number of hydrogen-bond donors (Lipinski definition) is 4. The van der Waals surface area contributed by atoms with E-state index in [0.29, 0.717) is 28.4 Å². The molecular formula is C22H18N8O. The van der Waals surface area contributed by atoms with Gasteiger partial charge in [-0.25, -0.2) is 9.98 Å². The lowest BCUT2D eigenvalue weighted by Crippen LogP contribution is -2.32. The molecule has 1 atom stereocenters. The zero-order valence-corrected chi connectivity index (χ0v) is 16.5. The highest BCUT2D eigenvalue weighted by molar-refractivity contribution is 5.98. The largest absolute Gasteiger partial charge is 0.457 e. The van der Waals surface area contributed by atoms with Crippen LogP contribution in [0.15, 0.2) is 53.5 Å². The number of fused-ring (bicyclic) bond motifs is 1. The third kappa shape index (κ3) is 3.63. The number of guanidine groups is 1. The molecule has 9 heteroatoms. The number of hydrogen-bond acceptors (Lipinski definition) is 9. The van der Waals surface area contributed by atoms with Gasteiger partial charge in [-0.2, -0.15) is 10.5 Å². The van der Waals surface area contributed by atoms with Gasteiger partial charge in [0, 0.05) is 11.1 Å². The van der Waals surface area contributed by atoms with E-state index < -0.39 is 6.04 Å². The van der Waals surface area contributed by atoms with Crippen molar-refractivity contribution in [2.75, 3.05) is 16.8 Å². The Kier molecular flexibility index (Phi) is 5.00. The van der Waals surface area contributed by atoms with Crippen LogP contribution < -0.4 is 26.8 Å². The maximum Gasteiger partial charge on any atom is 0.211 e. The number of nitrogen functional groups attached to an aromatic ring is 2. The molecule has 0 aliphatic carbocycles. The van der Waals surface area contributed by atoms with Crippen LogP contribution >= 0.6 is 0 Å². The Hall–Kier alpha value is -4.76. The van der Waals surface area contributed by atoms with Crippen molar-refractivity contribution in [3.8, 4) is 23.8 Å². The Bertz CT molecular complexity index is 1270. The second-order valence-corrected chi connectivity index (χ2v) is 6.85. The number of nitrogens with two attached hydrogens (primary N) is 2. The zero-order chi connectivity index (χ0) is 22.0. The van der Waals surface area contributed by atoms with Crippen molar-refractivity contribution in [2.45, 2.75) is 13.0 Å². The summed E-state index contributed by atoms with van der Waals surface area (Å²) in [6, 6.07) is 16.3. The molecule has 6 N–H and O–H groups in total. The van der Waals surface area contributed by atoms with Crippen molar-refractivity contribution in [1.29, 1.82) is 10.5 Å². The first kappa shape index (κ1) is 19.6. The molecular weight excluding hydrogens is 392 g/mol. The Labute approximate surface area is 178 Å². The molecule has 1 aromatic heterocycles. The normalized spacial score (nSPS) is 14.3. The molecule has 0 saturated heterocycles. The van der Waals surface area contributed by atoms with E-state index in [0.717, 1.165) is 5.56 Å². The third-order valence-corrected chi connectivity index (χ3v) is 4.82. The first-order chi connectivity index (χ1) is 15.0. The third-order valence-electron chi connectivity index (χ3n) is 4.82. The fourth-order valence-corrected chi connectivity index (χ4v) is 3.34. The summed E-state index contributed by atoms with van der Waals surface area (Å²) >= 11 is 0. The molecule has 1 unspecified atom stereocenters. The summed E-state index contributed by atoms with van der Waals surface area (Å²) in [5, 5.41) is 23.9. The van der Waals surface area contributed by atoms with Gasteiger partial charge in [0.2, 0.25) is 5.96 Å². The van der Waals surface area contributed by atoms with Gasteiger partial charge in [0.25, 0.3) is 0 Å². The van der Waals surface area contributed by atoms with Gasteiger partial charge in [-0.1, -0.05) is 35.9 Å². The van der Waals surface area contributed by atoms with E-state index in [9.17, 15) is 5.26 Å². The van der Waals surface area contributed by atoms with E-state index in [4.69, 9.17) is 21.5 Å². The summed E-state index contributed by atoms with van der Waals surface area (Å²) in [5.74, 6) is 1.71. The zero-order valence-electron chi connectivity index (χ0n) is 16.5. The van der Waals surface area contributed by atoms with Crippen molar-refractivity contribution >= 4 is 23.3 Å². The fourth-order valence-electron chi connectivity index (χ4n) is 3.34. The number of pyridine rings is 1. The molecule has 4 rings (SSSR count). The van der Waals surface area contributed by atoms with Crippen molar-refractivity contribution in [3.63, 3.8) is 0 Å². The number of anilines is 3. The number of rotatable bonds is 3. The van der Waals surface area contributed by atoms with Crippen molar-refractivity contribution < 1.29 is 4.74 Å². The summed E-state index contributed by atoms with van der Waals surface area (Å²) < 4.78 is 6.12. The number of para-hydroxylation sites is 1. The minimum Gasteiger partial charge on any atom is -0.457 e. The molecule has 0 saturated carbocycles. The van der Waals surface area contributed by atoms with Gasteiger partial charge in [0.05, 0.1) is 5.69 Å². The molecule has 0 bridgehead atoms. The molecule has 2 aromatic carbocycles. The average Bonchev–Trinajstić information content (AvgIpc) is 2.75. The maximum absolute atomic E-state index is 9.48. The van der Waals surface area contributed by atoms with Crippen LogP contribution in [-0.2, 0) is 0 Å². The van der Waals surface area contributed by atoms with E-state index in [1.165, 1.54) is 0 Å². The van der Waals surface area contributed by atoms with E-state index in [1.807, 2.05) is 67.7 Å². The van der Waals surface area contributed by atoms with Crippen LogP contribution in [0.2, 0.25) is 0 Å². The lowest BCUT2D eigenvalue weighted by Gasteiger charge is -2.27. The molecule has 0 radical (unpaired) electrons. The summed E-state index contributed by atoms with van der Waals surface area (Å²) in [6.45, 7) is 2.00. The number of nitrogens with zero attached hydrogens (tertiary/aromatic N) is 4. The quantitative estimate of drug-likeness (QED) is 0.378. The Morgan fingerprint density at radius 1 is 1.10 bits per heavy atom. The van der Waals surface area contributed by atoms with Crippen LogP contribution in [0.5, 0.6) is 11.5 Å². The molecule has 31 heavy (non-hydrogen) atoms. The van der Waals surface area contributed by atoms with Crippen molar-refractivity contribution in [2.24, 2.45) is 4.99 Å². The van der Waals surface area contributed by atoms with Gasteiger partial charge >= 0.3 is 0 Å². The smallest absolute Gasteiger partial charge is 0.211 e. The summed E-state index contributed by atoms with van der Waals surface area (Å²) in [7, 11) is 0. The molecule has 1 aliphatic rings. The maximum atomic E-state index is 9.48. The highest BCUT2D eigenvalue weighted by Crippen LogP contribution is 2.43. The van der Waals surface area contributed by atoms with Gasteiger partial charge in [-0.15, -0.1) is 0 Å². The van der Waals surface area contributed by atoms with Crippen LogP contribution in [0.4, 0.5) is 17.3 Å². The topological polar surface area (TPSA) is 158 Å². The van der Waals surface area contributed by atoms with Crippen molar-refractivity contribution in [3.05, 3.63) is 70.8 Å². The van der Waals surface area contributed by atoms with Gasteiger partial charge in [-0.05, 0) is 25.1 Å². The Balaban J connectivity index is 1.87. The Morgan fingerprint density at radius 3 is 2.55 bits per heavy atom. The number of ether oxygens (including phenoxy) is 1. The van der Waals surface area contributed by atoms with Crippen LogP contribution in [-0.4, -0.2) is 10.9 Å². The predicted octanol–water partition coefficient (Wildman–Crippen LogP) is 3.16. The van der Waals surface area contributed by atoms with Gasteiger partial charge in [0.1, 0.15) is 40.8 Å². The fraction of sp³-hybridized carbons (Fsp3) is 0.0909. The second kappa shape index (κ2) is 7.93. The predicted molar refractivity (Wildman–Crippen MR) is 117 cm³/mol.